The van der Waals surface area contributed by atoms with Crippen LogP contribution in [0, 0.1) is 0 Å². The van der Waals surface area contributed by atoms with Crippen molar-refractivity contribution >= 4 is 17.4 Å². The van der Waals surface area contributed by atoms with Crippen LogP contribution < -0.4 is 10.1 Å². The summed E-state index contributed by atoms with van der Waals surface area (Å²) in [5.41, 5.74) is 1.71. The third-order valence-electron chi connectivity index (χ3n) is 3.75. The van der Waals surface area contributed by atoms with Gasteiger partial charge in [0.25, 0.3) is 0 Å². The first-order chi connectivity index (χ1) is 12.6. The maximum atomic E-state index is 11.5. The Morgan fingerprint density at radius 2 is 2.00 bits per heavy atom. The Hall–Kier alpha value is -1.92. The number of aliphatic hydroxyl groups is 1. The highest BCUT2D eigenvalue weighted by Crippen LogP contribution is 2.17. The molecule has 1 unspecified atom stereocenters. The topological polar surface area (TPSA) is 67.8 Å². The number of rotatable bonds is 11. The van der Waals surface area contributed by atoms with E-state index in [1.807, 2.05) is 36.4 Å². The number of ether oxygens (including phenoxy) is 2. The van der Waals surface area contributed by atoms with Gasteiger partial charge in [0, 0.05) is 31.6 Å². The fraction of sp³-hybridized carbons (Fsp3) is 0.350. The van der Waals surface area contributed by atoms with E-state index in [2.05, 4.69) is 5.32 Å². The Kier molecular flexibility index (Phi) is 8.58. The van der Waals surface area contributed by atoms with Crippen LogP contribution in [-0.2, 0) is 16.0 Å². The van der Waals surface area contributed by atoms with Crippen molar-refractivity contribution in [3.63, 3.8) is 0 Å². The largest absolute Gasteiger partial charge is 0.492 e. The summed E-state index contributed by atoms with van der Waals surface area (Å²) >= 11 is 5.92. The number of nitrogens with one attached hydrogen (secondary N) is 1. The molecule has 2 N–H and O–H groups in total. The van der Waals surface area contributed by atoms with E-state index >= 15 is 0 Å². The summed E-state index contributed by atoms with van der Waals surface area (Å²) in [6.07, 6.45) is -0.255. The van der Waals surface area contributed by atoms with Gasteiger partial charge in [0.15, 0.2) is 5.78 Å². The zero-order valence-corrected chi connectivity index (χ0v) is 15.5. The van der Waals surface area contributed by atoms with Gasteiger partial charge in [0.05, 0.1) is 6.10 Å². The summed E-state index contributed by atoms with van der Waals surface area (Å²) in [4.78, 5) is 11.5. The Morgan fingerprint density at radius 3 is 2.69 bits per heavy atom. The summed E-state index contributed by atoms with van der Waals surface area (Å²) < 4.78 is 10.5. The highest BCUT2D eigenvalue weighted by Gasteiger charge is 2.07. The molecule has 26 heavy (non-hydrogen) atoms. The van der Waals surface area contributed by atoms with Crippen molar-refractivity contribution in [1.82, 2.24) is 5.32 Å². The molecule has 0 aliphatic heterocycles. The lowest BCUT2D eigenvalue weighted by molar-refractivity contribution is -0.121. The minimum Gasteiger partial charge on any atom is -0.492 e. The third kappa shape index (κ3) is 7.14. The Bertz CT molecular complexity index is 690. The van der Waals surface area contributed by atoms with Crippen molar-refractivity contribution in [2.45, 2.75) is 12.5 Å². The van der Waals surface area contributed by atoms with Crippen molar-refractivity contribution in [2.75, 3.05) is 33.4 Å². The zero-order valence-electron chi connectivity index (χ0n) is 14.8. The van der Waals surface area contributed by atoms with E-state index in [0.29, 0.717) is 31.1 Å². The van der Waals surface area contributed by atoms with Crippen LogP contribution in [0.25, 0.3) is 0 Å². The first-order valence-corrected chi connectivity index (χ1v) is 8.83. The molecule has 2 aromatic carbocycles. The van der Waals surface area contributed by atoms with Crippen LogP contribution in [-0.4, -0.2) is 44.3 Å². The molecule has 0 amide bonds. The molecule has 6 heteroatoms. The van der Waals surface area contributed by atoms with Crippen LogP contribution in [0.4, 0.5) is 0 Å². The molecule has 0 saturated carbocycles. The Labute approximate surface area is 158 Å². The second kappa shape index (κ2) is 10.9. The number of Topliss-reactive ketones (excluding diaryl/α,β-unsaturated/α-hetero) is 1. The maximum Gasteiger partial charge on any atom is 0.162 e. The maximum absolute atomic E-state index is 11.5. The molecule has 140 valence electrons. The highest BCUT2D eigenvalue weighted by atomic mass is 35.5. The molecule has 0 spiro atoms. The summed E-state index contributed by atoms with van der Waals surface area (Å²) in [6.45, 7) is 1.63. The number of methoxy groups -OCH3 is 1. The van der Waals surface area contributed by atoms with Gasteiger partial charge in [-0.3, -0.25) is 4.79 Å². The number of ketones is 1. The van der Waals surface area contributed by atoms with Crippen molar-refractivity contribution in [1.29, 1.82) is 0 Å². The SMILES string of the molecule is COCC(=O)Cc1ccc(OCCNCC(O)c2cccc(Cl)c2)cc1. The van der Waals surface area contributed by atoms with Gasteiger partial charge in [-0.05, 0) is 35.4 Å². The molecule has 0 bridgehead atoms. The van der Waals surface area contributed by atoms with Crippen LogP contribution in [0.2, 0.25) is 5.02 Å². The van der Waals surface area contributed by atoms with Crippen LogP contribution >= 0.6 is 11.6 Å². The molecular weight excluding hydrogens is 354 g/mol. The fourth-order valence-electron chi connectivity index (χ4n) is 2.45. The van der Waals surface area contributed by atoms with E-state index in [9.17, 15) is 9.90 Å². The molecule has 0 radical (unpaired) electrons. The van der Waals surface area contributed by atoms with Gasteiger partial charge in [-0.1, -0.05) is 35.9 Å². The minimum absolute atomic E-state index is 0.0450. The van der Waals surface area contributed by atoms with Crippen LogP contribution in [0.5, 0.6) is 5.75 Å². The lowest BCUT2D eigenvalue weighted by Gasteiger charge is -2.13. The molecule has 0 aliphatic carbocycles. The minimum atomic E-state index is -0.613. The van der Waals surface area contributed by atoms with E-state index in [0.717, 1.165) is 16.9 Å². The van der Waals surface area contributed by atoms with E-state index in [4.69, 9.17) is 21.1 Å². The number of carbonyl (C=O) groups excluding carboxylic acids is 1. The highest BCUT2D eigenvalue weighted by molar-refractivity contribution is 6.30. The molecule has 5 nitrogen and oxygen atoms in total. The van der Waals surface area contributed by atoms with Crippen molar-refractivity contribution in [3.05, 3.63) is 64.7 Å². The van der Waals surface area contributed by atoms with E-state index in [1.54, 1.807) is 12.1 Å². The lowest BCUT2D eigenvalue weighted by atomic mass is 10.1. The molecular formula is C20H24ClNO4. The van der Waals surface area contributed by atoms with Crippen molar-refractivity contribution < 1.29 is 19.4 Å². The first kappa shape index (κ1) is 20.4. The number of hydrogen-bond donors (Lipinski definition) is 2. The third-order valence-corrected chi connectivity index (χ3v) is 3.98. The Morgan fingerprint density at radius 1 is 1.23 bits per heavy atom. The molecule has 2 aromatic rings. The van der Waals surface area contributed by atoms with E-state index in [1.165, 1.54) is 7.11 Å². The van der Waals surface area contributed by atoms with Crippen LogP contribution in [0.15, 0.2) is 48.5 Å². The number of aliphatic hydroxyl groups excluding tert-OH is 1. The average Bonchev–Trinajstić information content (AvgIpc) is 2.63. The van der Waals surface area contributed by atoms with E-state index in [-0.39, 0.29) is 12.4 Å². The molecule has 0 fully saturated rings. The van der Waals surface area contributed by atoms with Gasteiger partial charge in [0.1, 0.15) is 19.0 Å². The summed E-state index contributed by atoms with van der Waals surface area (Å²) in [5.74, 6) is 0.786. The molecule has 1 atom stereocenters. The predicted octanol–water partition coefficient (Wildman–Crippen LogP) is 2.80. The van der Waals surface area contributed by atoms with Gasteiger partial charge in [-0.15, -0.1) is 0 Å². The van der Waals surface area contributed by atoms with Gasteiger partial charge < -0.3 is 19.9 Å². The summed E-state index contributed by atoms with van der Waals surface area (Å²) in [7, 11) is 1.51. The van der Waals surface area contributed by atoms with Crippen molar-refractivity contribution in [3.8, 4) is 5.75 Å². The van der Waals surface area contributed by atoms with E-state index < -0.39 is 6.10 Å². The van der Waals surface area contributed by atoms with Crippen LogP contribution in [0.1, 0.15) is 17.2 Å². The molecule has 0 heterocycles. The van der Waals surface area contributed by atoms with Gasteiger partial charge in [0.2, 0.25) is 0 Å². The van der Waals surface area contributed by atoms with Crippen LogP contribution in [0.3, 0.4) is 0 Å². The standard InChI is InChI=1S/C20H24ClNO4/c1-25-14-18(23)11-15-5-7-19(8-6-15)26-10-9-22-13-20(24)16-3-2-4-17(21)12-16/h2-8,12,20,22,24H,9-11,13-14H2,1H3. The second-order valence-corrected chi connectivity index (χ2v) is 6.35. The number of benzene rings is 2. The Balaban J connectivity index is 1.66. The van der Waals surface area contributed by atoms with Gasteiger partial charge >= 0.3 is 0 Å². The fourth-order valence-corrected chi connectivity index (χ4v) is 2.65. The quantitative estimate of drug-likeness (QED) is 0.589. The molecule has 0 saturated heterocycles. The average molecular weight is 378 g/mol. The summed E-state index contributed by atoms with van der Waals surface area (Å²) in [6, 6.07) is 14.6. The monoisotopic (exact) mass is 377 g/mol. The molecule has 0 aromatic heterocycles. The lowest BCUT2D eigenvalue weighted by Crippen LogP contribution is -2.26. The normalized spacial score (nSPS) is 12.0. The zero-order chi connectivity index (χ0) is 18.8. The molecule has 2 rings (SSSR count). The predicted molar refractivity (Wildman–Crippen MR) is 102 cm³/mol. The number of hydrogen-bond acceptors (Lipinski definition) is 5. The number of carbonyl (C=O) groups is 1. The smallest absolute Gasteiger partial charge is 0.162 e. The first-order valence-electron chi connectivity index (χ1n) is 8.45. The summed E-state index contributed by atoms with van der Waals surface area (Å²) in [5, 5.41) is 13.9. The number of halogens is 1. The van der Waals surface area contributed by atoms with Crippen molar-refractivity contribution in [2.24, 2.45) is 0 Å². The van der Waals surface area contributed by atoms with Gasteiger partial charge in [-0.2, -0.15) is 0 Å². The molecule has 0 aliphatic rings. The van der Waals surface area contributed by atoms with Gasteiger partial charge in [-0.25, -0.2) is 0 Å². The second-order valence-electron chi connectivity index (χ2n) is 5.92.